The third-order valence-electron chi connectivity index (χ3n) is 4.05. The van der Waals surface area contributed by atoms with Gasteiger partial charge in [0, 0.05) is 12.2 Å². The zero-order valence-electron chi connectivity index (χ0n) is 12.7. The number of urea groups is 1. The topological polar surface area (TPSA) is 69.6 Å². The molecule has 1 aromatic rings. The lowest BCUT2D eigenvalue weighted by Crippen LogP contribution is -2.51. The zero-order valence-corrected chi connectivity index (χ0v) is 12.7. The number of nitrogens with one attached hydrogen (secondary N) is 1. The van der Waals surface area contributed by atoms with Gasteiger partial charge in [0.15, 0.2) is 0 Å². The van der Waals surface area contributed by atoms with Crippen molar-refractivity contribution in [3.63, 3.8) is 0 Å². The van der Waals surface area contributed by atoms with Crippen LogP contribution in [0, 0.1) is 19.8 Å². The molecule has 5 nitrogen and oxygen atoms in total. The van der Waals surface area contributed by atoms with E-state index in [1.54, 1.807) is 0 Å². The van der Waals surface area contributed by atoms with Crippen LogP contribution in [0.3, 0.4) is 0 Å². The molecule has 21 heavy (non-hydrogen) atoms. The van der Waals surface area contributed by atoms with Gasteiger partial charge in [0.2, 0.25) is 0 Å². The molecule has 5 heteroatoms. The summed E-state index contributed by atoms with van der Waals surface area (Å²) in [5, 5.41) is 12.2. The summed E-state index contributed by atoms with van der Waals surface area (Å²) >= 11 is 0. The van der Waals surface area contributed by atoms with Crippen LogP contribution in [0.5, 0.6) is 0 Å². The summed E-state index contributed by atoms with van der Waals surface area (Å²) in [5.41, 5.74) is 2.76. The number of rotatable bonds is 2. The van der Waals surface area contributed by atoms with E-state index in [1.165, 1.54) is 4.90 Å². The number of carboxylic acid groups (broad SMARTS) is 1. The number of nitrogens with zero attached hydrogens (tertiary/aromatic N) is 1. The molecule has 0 bridgehead atoms. The minimum absolute atomic E-state index is 0.329. The van der Waals surface area contributed by atoms with Crippen molar-refractivity contribution in [1.82, 2.24) is 4.90 Å². The van der Waals surface area contributed by atoms with Crippen LogP contribution < -0.4 is 5.32 Å². The standard InChI is InChI=1S/C16H22N2O3/c1-10-4-5-12(3)13(8-10)17-16(21)18-7-6-11(2)9-14(18)15(19)20/h4-5,8,11,14H,6-7,9H2,1-3H3,(H,17,21)(H,19,20). The third-order valence-corrected chi connectivity index (χ3v) is 4.05. The molecule has 1 heterocycles. The van der Waals surface area contributed by atoms with Crippen LogP contribution in [0.2, 0.25) is 0 Å². The number of carboxylic acids is 1. The Morgan fingerprint density at radius 2 is 2.05 bits per heavy atom. The van der Waals surface area contributed by atoms with Crippen molar-refractivity contribution in [2.75, 3.05) is 11.9 Å². The average Bonchev–Trinajstić information content (AvgIpc) is 2.42. The van der Waals surface area contributed by atoms with Crippen molar-refractivity contribution in [3.8, 4) is 0 Å². The summed E-state index contributed by atoms with van der Waals surface area (Å²) in [4.78, 5) is 25.2. The van der Waals surface area contributed by atoms with Gasteiger partial charge in [0.05, 0.1) is 0 Å². The molecule has 1 aromatic carbocycles. The summed E-state index contributed by atoms with van der Waals surface area (Å²) in [5.74, 6) is -0.603. The van der Waals surface area contributed by atoms with E-state index in [2.05, 4.69) is 5.32 Å². The van der Waals surface area contributed by atoms with E-state index in [0.29, 0.717) is 18.9 Å². The quantitative estimate of drug-likeness (QED) is 0.879. The van der Waals surface area contributed by atoms with Crippen molar-refractivity contribution in [1.29, 1.82) is 0 Å². The highest BCUT2D eigenvalue weighted by molar-refractivity contribution is 5.93. The summed E-state index contributed by atoms with van der Waals surface area (Å²) in [6, 6.07) is 4.75. The first-order valence-electron chi connectivity index (χ1n) is 7.26. The van der Waals surface area contributed by atoms with Crippen LogP contribution in [0.15, 0.2) is 18.2 Å². The van der Waals surface area contributed by atoms with Crippen molar-refractivity contribution in [2.24, 2.45) is 5.92 Å². The van der Waals surface area contributed by atoms with Crippen LogP contribution in [0.4, 0.5) is 10.5 Å². The molecule has 2 N–H and O–H groups in total. The average molecular weight is 290 g/mol. The molecule has 0 spiro atoms. The van der Waals surface area contributed by atoms with Gasteiger partial charge in [0.1, 0.15) is 6.04 Å². The molecule has 1 saturated heterocycles. The van der Waals surface area contributed by atoms with Gasteiger partial charge in [-0.3, -0.25) is 0 Å². The van der Waals surface area contributed by atoms with E-state index in [1.807, 2.05) is 39.0 Å². The largest absolute Gasteiger partial charge is 0.480 e. The van der Waals surface area contributed by atoms with Gasteiger partial charge in [-0.2, -0.15) is 0 Å². The van der Waals surface area contributed by atoms with Crippen molar-refractivity contribution >= 4 is 17.7 Å². The lowest BCUT2D eigenvalue weighted by molar-refractivity contribution is -0.143. The maximum absolute atomic E-state index is 12.4. The number of aliphatic carboxylic acids is 1. The van der Waals surface area contributed by atoms with Crippen LogP contribution in [-0.2, 0) is 4.79 Å². The van der Waals surface area contributed by atoms with E-state index < -0.39 is 12.0 Å². The van der Waals surface area contributed by atoms with Gasteiger partial charge in [0.25, 0.3) is 0 Å². The number of carbonyl (C=O) groups excluding carboxylic acids is 1. The number of benzene rings is 1. The minimum atomic E-state index is -0.933. The smallest absolute Gasteiger partial charge is 0.326 e. The van der Waals surface area contributed by atoms with E-state index in [0.717, 1.165) is 23.2 Å². The molecule has 1 aliphatic heterocycles. The maximum Gasteiger partial charge on any atom is 0.326 e. The number of hydrogen-bond donors (Lipinski definition) is 2. The maximum atomic E-state index is 12.4. The Morgan fingerprint density at radius 1 is 1.33 bits per heavy atom. The first-order chi connectivity index (χ1) is 9.88. The zero-order chi connectivity index (χ0) is 15.6. The monoisotopic (exact) mass is 290 g/mol. The Balaban J connectivity index is 2.15. The molecule has 2 amide bonds. The molecular formula is C16H22N2O3. The second-order valence-corrected chi connectivity index (χ2v) is 5.93. The van der Waals surface area contributed by atoms with Gasteiger partial charge in [-0.15, -0.1) is 0 Å². The fourth-order valence-electron chi connectivity index (χ4n) is 2.68. The Labute approximate surface area is 125 Å². The Bertz CT molecular complexity index is 556. The van der Waals surface area contributed by atoms with Gasteiger partial charge in [-0.25, -0.2) is 9.59 Å². The summed E-state index contributed by atoms with van der Waals surface area (Å²) in [6.45, 7) is 6.38. The molecule has 2 unspecified atom stereocenters. The number of piperidine rings is 1. The van der Waals surface area contributed by atoms with Crippen LogP contribution in [-0.4, -0.2) is 34.6 Å². The number of hydrogen-bond acceptors (Lipinski definition) is 2. The van der Waals surface area contributed by atoms with Gasteiger partial charge in [-0.1, -0.05) is 19.1 Å². The molecule has 0 aliphatic carbocycles. The van der Waals surface area contributed by atoms with Crippen LogP contribution in [0.1, 0.15) is 30.9 Å². The van der Waals surface area contributed by atoms with E-state index in [-0.39, 0.29) is 6.03 Å². The van der Waals surface area contributed by atoms with Crippen molar-refractivity contribution < 1.29 is 14.7 Å². The molecule has 0 radical (unpaired) electrons. The Kier molecular flexibility index (Phi) is 4.50. The summed E-state index contributed by atoms with van der Waals surface area (Å²) in [6.07, 6.45) is 1.35. The molecule has 1 aliphatic rings. The highest BCUT2D eigenvalue weighted by atomic mass is 16.4. The summed E-state index contributed by atoms with van der Waals surface area (Å²) in [7, 11) is 0. The molecule has 2 atom stereocenters. The number of carbonyl (C=O) groups is 2. The second kappa shape index (κ2) is 6.16. The summed E-state index contributed by atoms with van der Waals surface area (Å²) < 4.78 is 0. The van der Waals surface area contributed by atoms with Gasteiger partial charge >= 0.3 is 12.0 Å². The molecule has 0 aromatic heterocycles. The van der Waals surface area contributed by atoms with Crippen molar-refractivity contribution in [2.45, 2.75) is 39.7 Å². The highest BCUT2D eigenvalue weighted by Crippen LogP contribution is 2.24. The third kappa shape index (κ3) is 3.54. The van der Waals surface area contributed by atoms with E-state index in [4.69, 9.17) is 0 Å². The lowest BCUT2D eigenvalue weighted by atomic mass is 9.93. The van der Waals surface area contributed by atoms with Crippen LogP contribution >= 0.6 is 0 Å². The number of anilines is 1. The molecule has 0 saturated carbocycles. The SMILES string of the molecule is Cc1ccc(C)c(NC(=O)N2CCC(C)CC2C(=O)O)c1. The second-order valence-electron chi connectivity index (χ2n) is 5.93. The first kappa shape index (κ1) is 15.4. The van der Waals surface area contributed by atoms with Gasteiger partial charge in [-0.05, 0) is 49.8 Å². The van der Waals surface area contributed by atoms with Crippen molar-refractivity contribution in [3.05, 3.63) is 29.3 Å². The van der Waals surface area contributed by atoms with E-state index >= 15 is 0 Å². The molecular weight excluding hydrogens is 268 g/mol. The van der Waals surface area contributed by atoms with Crippen LogP contribution in [0.25, 0.3) is 0 Å². The first-order valence-corrected chi connectivity index (χ1v) is 7.26. The Hall–Kier alpha value is -2.04. The predicted octanol–water partition coefficient (Wildman–Crippen LogP) is 3.02. The number of likely N-dealkylation sites (tertiary alicyclic amines) is 1. The van der Waals surface area contributed by atoms with Gasteiger partial charge < -0.3 is 15.3 Å². The minimum Gasteiger partial charge on any atom is -0.480 e. The fourth-order valence-corrected chi connectivity index (χ4v) is 2.68. The molecule has 1 fully saturated rings. The molecule has 114 valence electrons. The van der Waals surface area contributed by atoms with E-state index in [9.17, 15) is 14.7 Å². The molecule has 2 rings (SSSR count). The predicted molar refractivity (Wildman–Crippen MR) is 81.5 cm³/mol. The normalized spacial score (nSPS) is 22.0. The lowest BCUT2D eigenvalue weighted by Gasteiger charge is -2.36. The fraction of sp³-hybridized carbons (Fsp3) is 0.500. The number of amides is 2. The highest BCUT2D eigenvalue weighted by Gasteiger charge is 2.34. The number of aryl methyl sites for hydroxylation is 2. The Morgan fingerprint density at radius 3 is 2.71 bits per heavy atom.